The van der Waals surface area contributed by atoms with Crippen molar-refractivity contribution in [2.75, 3.05) is 0 Å². The second kappa shape index (κ2) is 6.22. The van der Waals surface area contributed by atoms with Crippen LogP contribution >= 0.6 is 0 Å². The minimum absolute atomic E-state index is 0.00547. The van der Waals surface area contributed by atoms with E-state index in [2.05, 4.69) is 0 Å². The molecule has 114 valence electrons. The number of nitro benzene ring substituents is 1. The summed E-state index contributed by atoms with van der Waals surface area (Å²) in [6, 6.07) is 5.93. The van der Waals surface area contributed by atoms with Crippen LogP contribution < -0.4 is 5.73 Å². The van der Waals surface area contributed by atoms with Crippen LogP contribution in [0, 0.1) is 10.1 Å². The minimum atomic E-state index is -0.423. The number of hydrogen-bond acceptors (Lipinski definition) is 4. The molecule has 0 aromatic heterocycles. The Labute approximate surface area is 124 Å². The minimum Gasteiger partial charge on any atom is -0.332 e. The molecule has 1 aromatic rings. The Morgan fingerprint density at radius 3 is 2.76 bits per heavy atom. The Hall–Kier alpha value is -1.95. The lowest BCUT2D eigenvalue weighted by Crippen LogP contribution is -2.45. The number of hydrogen-bond donors (Lipinski definition) is 1. The highest BCUT2D eigenvalue weighted by molar-refractivity contribution is 5.77. The molecule has 1 heterocycles. The zero-order chi connectivity index (χ0) is 15.6. The number of carbonyl (C=O) groups is 1. The number of carbonyl (C=O) groups excluding carboxylic acids is 1. The second-order valence-corrected chi connectivity index (χ2v) is 5.75. The molecule has 1 aliphatic heterocycles. The van der Waals surface area contributed by atoms with Gasteiger partial charge in [0.2, 0.25) is 5.91 Å². The highest BCUT2D eigenvalue weighted by atomic mass is 16.6. The molecule has 21 heavy (non-hydrogen) atoms. The van der Waals surface area contributed by atoms with E-state index in [0.29, 0.717) is 6.42 Å². The van der Waals surface area contributed by atoms with Crippen LogP contribution in [-0.4, -0.2) is 27.8 Å². The highest BCUT2D eigenvalue weighted by Gasteiger charge is 2.34. The van der Waals surface area contributed by atoms with Gasteiger partial charge in [0, 0.05) is 30.6 Å². The molecule has 2 N–H and O–H groups in total. The maximum atomic E-state index is 12.3. The van der Waals surface area contributed by atoms with Gasteiger partial charge >= 0.3 is 0 Å². The topological polar surface area (TPSA) is 89.5 Å². The van der Waals surface area contributed by atoms with Crippen molar-refractivity contribution >= 4 is 11.6 Å². The Kier molecular flexibility index (Phi) is 4.57. The number of amides is 1. The number of nitro groups is 1. The van der Waals surface area contributed by atoms with Gasteiger partial charge in [-0.05, 0) is 32.3 Å². The Morgan fingerprint density at radius 1 is 1.43 bits per heavy atom. The summed E-state index contributed by atoms with van der Waals surface area (Å²) >= 11 is 0. The first-order valence-corrected chi connectivity index (χ1v) is 7.23. The molecule has 2 rings (SSSR count). The monoisotopic (exact) mass is 291 g/mol. The average molecular weight is 291 g/mol. The van der Waals surface area contributed by atoms with E-state index in [1.54, 1.807) is 11.0 Å². The first kappa shape index (κ1) is 15.4. The van der Waals surface area contributed by atoms with Crippen molar-refractivity contribution < 1.29 is 9.72 Å². The van der Waals surface area contributed by atoms with Gasteiger partial charge < -0.3 is 10.6 Å². The Bertz CT molecular complexity index is 545. The second-order valence-electron chi connectivity index (χ2n) is 5.75. The summed E-state index contributed by atoms with van der Waals surface area (Å²) in [6.07, 6.45) is 1.98. The summed E-state index contributed by atoms with van der Waals surface area (Å²) in [7, 11) is 0. The van der Waals surface area contributed by atoms with E-state index in [0.717, 1.165) is 18.4 Å². The van der Waals surface area contributed by atoms with Crippen molar-refractivity contribution in [3.63, 3.8) is 0 Å². The summed E-state index contributed by atoms with van der Waals surface area (Å²) in [5.74, 6) is 0.0643. The smallest absolute Gasteiger partial charge is 0.269 e. The van der Waals surface area contributed by atoms with Gasteiger partial charge in [0.25, 0.3) is 5.69 Å². The molecular formula is C15H21N3O3. The number of likely N-dealkylation sites (tertiary alicyclic amines) is 1. The van der Waals surface area contributed by atoms with Crippen molar-refractivity contribution in [3.8, 4) is 0 Å². The van der Waals surface area contributed by atoms with Crippen LogP contribution in [0.25, 0.3) is 0 Å². The quantitative estimate of drug-likeness (QED) is 0.684. The standard InChI is InChI=1S/C15H21N3O3/c1-10(2)17-14(19)8-4-7-13(16)15(17)11-5-3-6-12(9-11)18(20)21/h3,5-6,9-10,13,15H,4,7-8,16H2,1-2H3. The summed E-state index contributed by atoms with van der Waals surface area (Å²) in [5.41, 5.74) is 7.03. The average Bonchev–Trinajstić information content (AvgIpc) is 2.57. The van der Waals surface area contributed by atoms with E-state index in [1.807, 2.05) is 19.9 Å². The number of nitrogens with two attached hydrogens (primary N) is 1. The van der Waals surface area contributed by atoms with Gasteiger partial charge in [0.15, 0.2) is 0 Å². The fourth-order valence-electron chi connectivity index (χ4n) is 2.98. The van der Waals surface area contributed by atoms with Crippen LogP contribution in [0.2, 0.25) is 0 Å². The molecule has 0 spiro atoms. The number of rotatable bonds is 3. The highest BCUT2D eigenvalue weighted by Crippen LogP contribution is 2.33. The van der Waals surface area contributed by atoms with Crippen molar-refractivity contribution in [1.82, 2.24) is 4.90 Å². The van der Waals surface area contributed by atoms with Gasteiger partial charge in [-0.2, -0.15) is 0 Å². The van der Waals surface area contributed by atoms with Gasteiger partial charge in [0.05, 0.1) is 11.0 Å². The zero-order valence-corrected chi connectivity index (χ0v) is 12.4. The lowest BCUT2D eigenvalue weighted by molar-refractivity contribution is -0.385. The molecule has 1 saturated heterocycles. The van der Waals surface area contributed by atoms with E-state index in [1.165, 1.54) is 12.1 Å². The fraction of sp³-hybridized carbons (Fsp3) is 0.533. The van der Waals surface area contributed by atoms with Crippen LogP contribution in [0.3, 0.4) is 0 Å². The van der Waals surface area contributed by atoms with Gasteiger partial charge in [-0.25, -0.2) is 0 Å². The van der Waals surface area contributed by atoms with E-state index in [-0.39, 0.29) is 29.7 Å². The summed E-state index contributed by atoms with van der Waals surface area (Å²) in [6.45, 7) is 3.89. The zero-order valence-electron chi connectivity index (χ0n) is 12.4. The van der Waals surface area contributed by atoms with Crippen LogP contribution in [-0.2, 0) is 4.79 Å². The molecule has 0 radical (unpaired) electrons. The fourth-order valence-corrected chi connectivity index (χ4v) is 2.98. The van der Waals surface area contributed by atoms with E-state index < -0.39 is 4.92 Å². The molecule has 2 atom stereocenters. The molecule has 0 saturated carbocycles. The van der Waals surface area contributed by atoms with E-state index in [9.17, 15) is 14.9 Å². The number of nitrogens with zero attached hydrogens (tertiary/aromatic N) is 2. The van der Waals surface area contributed by atoms with E-state index in [4.69, 9.17) is 5.73 Å². The largest absolute Gasteiger partial charge is 0.332 e. The predicted molar refractivity (Wildman–Crippen MR) is 79.6 cm³/mol. The molecule has 1 aliphatic rings. The van der Waals surface area contributed by atoms with Crippen molar-refractivity contribution in [3.05, 3.63) is 39.9 Å². The maximum Gasteiger partial charge on any atom is 0.269 e. The third-order valence-corrected chi connectivity index (χ3v) is 3.90. The molecule has 2 unspecified atom stereocenters. The van der Waals surface area contributed by atoms with Crippen LogP contribution in [0.4, 0.5) is 5.69 Å². The van der Waals surface area contributed by atoms with Crippen molar-refractivity contribution in [2.24, 2.45) is 5.73 Å². The number of non-ortho nitro benzene ring substituents is 1. The first-order valence-electron chi connectivity index (χ1n) is 7.23. The SMILES string of the molecule is CC(C)N1C(=O)CCCC(N)C1c1cccc([N+](=O)[O-])c1. The molecule has 6 nitrogen and oxygen atoms in total. The van der Waals surface area contributed by atoms with Crippen LogP contribution in [0.1, 0.15) is 44.7 Å². The third kappa shape index (κ3) is 3.21. The van der Waals surface area contributed by atoms with Gasteiger partial charge in [-0.15, -0.1) is 0 Å². The first-order chi connectivity index (χ1) is 9.91. The maximum absolute atomic E-state index is 12.3. The summed E-state index contributed by atoms with van der Waals surface area (Å²) < 4.78 is 0. The molecule has 6 heteroatoms. The Morgan fingerprint density at radius 2 is 2.14 bits per heavy atom. The van der Waals surface area contributed by atoms with Gasteiger partial charge in [0.1, 0.15) is 0 Å². The lowest BCUT2D eigenvalue weighted by atomic mass is 9.95. The van der Waals surface area contributed by atoms with Gasteiger partial charge in [-0.3, -0.25) is 14.9 Å². The van der Waals surface area contributed by atoms with E-state index >= 15 is 0 Å². The lowest BCUT2D eigenvalue weighted by Gasteiger charge is -2.36. The molecule has 0 aliphatic carbocycles. The molecular weight excluding hydrogens is 270 g/mol. The molecule has 0 bridgehead atoms. The third-order valence-electron chi connectivity index (χ3n) is 3.90. The van der Waals surface area contributed by atoms with Crippen LogP contribution in [0.5, 0.6) is 0 Å². The molecule has 1 amide bonds. The summed E-state index contributed by atoms with van der Waals surface area (Å²) in [5, 5.41) is 11.0. The normalized spacial score (nSPS) is 23.2. The number of benzene rings is 1. The Balaban J connectivity index is 2.46. The van der Waals surface area contributed by atoms with Gasteiger partial charge in [-0.1, -0.05) is 12.1 Å². The van der Waals surface area contributed by atoms with Crippen LogP contribution in [0.15, 0.2) is 24.3 Å². The van der Waals surface area contributed by atoms with Crippen molar-refractivity contribution in [2.45, 2.75) is 51.2 Å². The summed E-state index contributed by atoms with van der Waals surface area (Å²) in [4.78, 5) is 24.7. The molecule has 1 aromatic carbocycles. The predicted octanol–water partition coefficient (Wildman–Crippen LogP) is 2.38. The molecule has 1 fully saturated rings. The van der Waals surface area contributed by atoms with Crippen molar-refractivity contribution in [1.29, 1.82) is 0 Å².